The monoisotopic (exact) mass is 372 g/mol. The van der Waals surface area contributed by atoms with Gasteiger partial charge in [0.1, 0.15) is 10.7 Å². The lowest BCUT2D eigenvalue weighted by atomic mass is 10.2. The predicted molar refractivity (Wildman–Crippen MR) is 95.8 cm³/mol. The third kappa shape index (κ3) is 4.58. The largest absolute Gasteiger partial charge is 0.433 e. The Morgan fingerprint density at radius 1 is 1.27 bits per heavy atom. The second-order valence-corrected chi connectivity index (χ2v) is 5.72. The van der Waals surface area contributed by atoms with Crippen molar-refractivity contribution < 1.29 is 14.1 Å². The summed E-state index contributed by atoms with van der Waals surface area (Å²) in [7, 11) is 0. The number of benzene rings is 1. The van der Waals surface area contributed by atoms with Gasteiger partial charge in [0.05, 0.1) is 12.6 Å². The SMILES string of the molecule is O=C(C=Cc1ccc([N+](=O)[O-])o1)Nc1ccn(Cc2ccc(Cl)cc2)n1. The van der Waals surface area contributed by atoms with Crippen molar-refractivity contribution in [1.82, 2.24) is 9.78 Å². The first-order valence-electron chi connectivity index (χ1n) is 7.51. The fraction of sp³-hybridized carbons (Fsp3) is 0.0588. The minimum Gasteiger partial charge on any atom is -0.401 e. The van der Waals surface area contributed by atoms with Gasteiger partial charge < -0.3 is 9.73 Å². The van der Waals surface area contributed by atoms with E-state index in [0.29, 0.717) is 17.4 Å². The number of amides is 1. The molecular formula is C17H13ClN4O4. The Labute approximate surface area is 152 Å². The molecule has 0 aliphatic carbocycles. The van der Waals surface area contributed by atoms with Crippen molar-refractivity contribution in [2.24, 2.45) is 0 Å². The van der Waals surface area contributed by atoms with Crippen LogP contribution in [0.3, 0.4) is 0 Å². The van der Waals surface area contributed by atoms with E-state index in [1.165, 1.54) is 24.3 Å². The number of hydrogen-bond donors (Lipinski definition) is 1. The molecule has 2 heterocycles. The molecule has 0 saturated heterocycles. The molecule has 0 fully saturated rings. The molecule has 1 amide bonds. The van der Waals surface area contributed by atoms with Crippen LogP contribution in [0.1, 0.15) is 11.3 Å². The highest BCUT2D eigenvalue weighted by molar-refractivity contribution is 6.30. The van der Waals surface area contributed by atoms with Gasteiger partial charge in [0, 0.05) is 23.4 Å². The fourth-order valence-electron chi connectivity index (χ4n) is 2.15. The first-order chi connectivity index (χ1) is 12.5. The van der Waals surface area contributed by atoms with E-state index in [1.54, 1.807) is 29.1 Å². The second-order valence-electron chi connectivity index (χ2n) is 5.28. The third-order valence-electron chi connectivity index (χ3n) is 3.34. The molecule has 2 aromatic heterocycles. The summed E-state index contributed by atoms with van der Waals surface area (Å²) >= 11 is 5.85. The van der Waals surface area contributed by atoms with Crippen LogP contribution in [0.15, 0.2) is 59.2 Å². The van der Waals surface area contributed by atoms with Gasteiger partial charge in [0.15, 0.2) is 5.82 Å². The molecule has 9 heteroatoms. The summed E-state index contributed by atoms with van der Waals surface area (Å²) < 4.78 is 6.61. The zero-order valence-electron chi connectivity index (χ0n) is 13.3. The van der Waals surface area contributed by atoms with Gasteiger partial charge in [-0.1, -0.05) is 23.7 Å². The van der Waals surface area contributed by atoms with E-state index in [2.05, 4.69) is 10.4 Å². The average molecular weight is 373 g/mol. The van der Waals surface area contributed by atoms with E-state index in [4.69, 9.17) is 16.0 Å². The minimum absolute atomic E-state index is 0.208. The Morgan fingerprint density at radius 2 is 2.04 bits per heavy atom. The van der Waals surface area contributed by atoms with Gasteiger partial charge in [-0.2, -0.15) is 5.10 Å². The number of aromatic nitrogens is 2. The van der Waals surface area contributed by atoms with Gasteiger partial charge in [-0.3, -0.25) is 19.6 Å². The number of nitro groups is 1. The highest BCUT2D eigenvalue weighted by atomic mass is 35.5. The molecule has 8 nitrogen and oxygen atoms in total. The Bertz CT molecular complexity index is 959. The molecule has 132 valence electrons. The summed E-state index contributed by atoms with van der Waals surface area (Å²) in [6.07, 6.45) is 4.29. The molecule has 0 bridgehead atoms. The van der Waals surface area contributed by atoms with Gasteiger partial charge in [0.25, 0.3) is 0 Å². The lowest BCUT2D eigenvalue weighted by Gasteiger charge is -2.02. The number of halogens is 1. The highest BCUT2D eigenvalue weighted by Gasteiger charge is 2.10. The maximum Gasteiger partial charge on any atom is 0.433 e. The van der Waals surface area contributed by atoms with Crippen LogP contribution in [0.4, 0.5) is 11.7 Å². The van der Waals surface area contributed by atoms with Crippen molar-refractivity contribution in [1.29, 1.82) is 0 Å². The lowest BCUT2D eigenvalue weighted by molar-refractivity contribution is -0.402. The lowest BCUT2D eigenvalue weighted by Crippen LogP contribution is -2.09. The van der Waals surface area contributed by atoms with Gasteiger partial charge >= 0.3 is 5.88 Å². The number of nitrogens with one attached hydrogen (secondary N) is 1. The molecule has 3 aromatic rings. The summed E-state index contributed by atoms with van der Waals surface area (Å²) in [5.74, 6) is -0.217. The zero-order valence-corrected chi connectivity index (χ0v) is 14.1. The van der Waals surface area contributed by atoms with Gasteiger partial charge in [-0.25, -0.2) is 0 Å². The summed E-state index contributed by atoms with van der Waals surface area (Å²) in [5, 5.41) is 18.1. The Hall–Kier alpha value is -3.39. The summed E-state index contributed by atoms with van der Waals surface area (Å²) in [4.78, 5) is 21.8. The standard InChI is InChI=1S/C17H13ClN4O4/c18-13-3-1-12(2-4-13)11-21-10-9-15(20-21)19-16(23)7-5-14-6-8-17(26-14)22(24)25/h1-10H,11H2,(H,19,20,23). The van der Waals surface area contributed by atoms with E-state index in [0.717, 1.165) is 5.56 Å². The molecule has 0 spiro atoms. The molecule has 1 N–H and O–H groups in total. The normalized spacial score (nSPS) is 11.0. The Kier molecular flexibility index (Phi) is 5.14. The number of nitrogens with zero attached hydrogens (tertiary/aromatic N) is 3. The maximum absolute atomic E-state index is 11.9. The van der Waals surface area contributed by atoms with E-state index in [1.807, 2.05) is 12.1 Å². The number of carbonyl (C=O) groups is 1. The van der Waals surface area contributed by atoms with Gasteiger partial charge in [-0.15, -0.1) is 0 Å². The summed E-state index contributed by atoms with van der Waals surface area (Å²) in [6.45, 7) is 0.541. The minimum atomic E-state index is -0.648. The van der Waals surface area contributed by atoms with E-state index in [-0.39, 0.29) is 11.6 Å². The van der Waals surface area contributed by atoms with Crippen molar-refractivity contribution in [3.8, 4) is 0 Å². The third-order valence-corrected chi connectivity index (χ3v) is 3.59. The summed E-state index contributed by atoms with van der Waals surface area (Å²) in [6, 6.07) is 11.7. The van der Waals surface area contributed by atoms with Crippen molar-refractivity contribution in [2.75, 3.05) is 5.32 Å². The van der Waals surface area contributed by atoms with Crippen molar-refractivity contribution in [2.45, 2.75) is 6.54 Å². The first kappa shape index (κ1) is 17.4. The number of carbonyl (C=O) groups excluding carboxylic acids is 1. The predicted octanol–water partition coefficient (Wildman–Crippen LogP) is 3.74. The molecule has 0 aliphatic rings. The van der Waals surface area contributed by atoms with E-state index >= 15 is 0 Å². The van der Waals surface area contributed by atoms with Gasteiger partial charge in [-0.05, 0) is 29.8 Å². The van der Waals surface area contributed by atoms with Crippen LogP contribution in [-0.4, -0.2) is 20.6 Å². The average Bonchev–Trinajstić information content (AvgIpc) is 3.25. The van der Waals surface area contributed by atoms with Crippen molar-refractivity contribution >= 4 is 35.3 Å². The number of rotatable bonds is 6. The first-order valence-corrected chi connectivity index (χ1v) is 7.88. The van der Waals surface area contributed by atoms with Crippen molar-refractivity contribution in [3.05, 3.63) is 81.2 Å². The number of hydrogen-bond acceptors (Lipinski definition) is 5. The Morgan fingerprint density at radius 3 is 2.73 bits per heavy atom. The molecule has 0 unspecified atom stereocenters. The maximum atomic E-state index is 11.9. The molecule has 0 saturated carbocycles. The molecule has 0 radical (unpaired) electrons. The molecule has 0 atom stereocenters. The van der Waals surface area contributed by atoms with Crippen LogP contribution in [-0.2, 0) is 11.3 Å². The van der Waals surface area contributed by atoms with Crippen molar-refractivity contribution in [3.63, 3.8) is 0 Å². The van der Waals surface area contributed by atoms with Crippen LogP contribution in [0.25, 0.3) is 6.08 Å². The summed E-state index contributed by atoms with van der Waals surface area (Å²) in [5.41, 5.74) is 1.02. The van der Waals surface area contributed by atoms with Crippen LogP contribution in [0, 0.1) is 10.1 Å². The highest BCUT2D eigenvalue weighted by Crippen LogP contribution is 2.16. The fourth-order valence-corrected chi connectivity index (χ4v) is 2.27. The van der Waals surface area contributed by atoms with Crippen LogP contribution in [0.5, 0.6) is 0 Å². The molecule has 0 aliphatic heterocycles. The van der Waals surface area contributed by atoms with Crippen LogP contribution in [0.2, 0.25) is 5.02 Å². The second kappa shape index (κ2) is 7.66. The Balaban J connectivity index is 1.57. The van der Waals surface area contributed by atoms with E-state index < -0.39 is 10.8 Å². The van der Waals surface area contributed by atoms with Crippen LogP contribution < -0.4 is 5.32 Å². The molecular weight excluding hydrogens is 360 g/mol. The topological polar surface area (TPSA) is 103 Å². The molecule has 1 aromatic carbocycles. The number of anilines is 1. The van der Waals surface area contributed by atoms with Crippen LogP contribution >= 0.6 is 11.6 Å². The molecule has 26 heavy (non-hydrogen) atoms. The smallest absolute Gasteiger partial charge is 0.401 e. The van der Waals surface area contributed by atoms with Gasteiger partial charge in [0.2, 0.25) is 5.91 Å². The molecule has 3 rings (SSSR count). The van der Waals surface area contributed by atoms with E-state index in [9.17, 15) is 14.9 Å². The number of furan rings is 1. The quantitative estimate of drug-likeness (QED) is 0.403. The zero-order chi connectivity index (χ0) is 18.5.